The maximum absolute atomic E-state index is 13.0. The Labute approximate surface area is 188 Å². The van der Waals surface area contributed by atoms with Gasteiger partial charge < -0.3 is 14.8 Å². The van der Waals surface area contributed by atoms with Crippen molar-refractivity contribution in [1.29, 1.82) is 0 Å². The second-order valence-corrected chi connectivity index (χ2v) is 10.2. The second kappa shape index (κ2) is 9.93. The van der Waals surface area contributed by atoms with Crippen molar-refractivity contribution in [2.24, 2.45) is 0 Å². The van der Waals surface area contributed by atoms with Crippen LogP contribution in [0.1, 0.15) is 36.1 Å². The lowest BCUT2D eigenvalue weighted by Crippen LogP contribution is -2.47. The molecule has 1 heterocycles. The average Bonchev–Trinajstić information content (AvgIpc) is 3.20. The smallest absolute Gasteiger partial charge is 0.241 e. The molecular weight excluding hydrogens is 436 g/mol. The Hall–Kier alpha value is -2.23. The maximum Gasteiger partial charge on any atom is 0.241 e. The van der Waals surface area contributed by atoms with Gasteiger partial charge in [-0.3, -0.25) is 4.79 Å². The van der Waals surface area contributed by atoms with Crippen LogP contribution in [0, 0.1) is 13.8 Å². The molecule has 0 unspecified atom stereocenters. The summed E-state index contributed by atoms with van der Waals surface area (Å²) in [5, 5.41) is 2.92. The lowest BCUT2D eigenvalue weighted by atomic mass is 10.1. The molecule has 2 aromatic rings. The van der Waals surface area contributed by atoms with Gasteiger partial charge >= 0.3 is 0 Å². The number of carbonyl (C=O) groups is 1. The summed E-state index contributed by atoms with van der Waals surface area (Å²) in [5.74, 6) is 1.58. The molecule has 1 amide bonds. The minimum Gasteiger partial charge on any atom is -0.454 e. The van der Waals surface area contributed by atoms with Crippen LogP contribution in [0.3, 0.4) is 0 Å². The number of hydrogen-bond donors (Lipinski definition) is 2. The molecule has 0 fully saturated rings. The van der Waals surface area contributed by atoms with Crippen molar-refractivity contribution < 1.29 is 22.7 Å². The number of hydrogen-bond acceptors (Lipinski definition) is 6. The molecule has 0 saturated heterocycles. The van der Waals surface area contributed by atoms with E-state index in [1.165, 1.54) is 0 Å². The minimum atomic E-state index is -3.85. The first-order valence-corrected chi connectivity index (χ1v) is 12.9. The van der Waals surface area contributed by atoms with Crippen molar-refractivity contribution in [2.45, 2.75) is 44.2 Å². The predicted octanol–water partition coefficient (Wildman–Crippen LogP) is 3.31. The molecule has 168 valence electrons. The highest BCUT2D eigenvalue weighted by Gasteiger charge is 2.28. The maximum atomic E-state index is 13.0. The van der Waals surface area contributed by atoms with Crippen molar-refractivity contribution in [3.63, 3.8) is 0 Å². The summed E-state index contributed by atoms with van der Waals surface area (Å²) < 4.78 is 39.4. The standard InChI is InChI=1S/C22H28N2O5S2/c1-14-5-6-15(2)21(11-14)31(26,27)24-18(9-10-30-4)22(25)23-16(3)17-7-8-19-20(12-17)29-13-28-19/h5-8,11-12,16,18,24H,9-10,13H2,1-4H3,(H,23,25)/t16-,18+/m0/s1. The summed E-state index contributed by atoms with van der Waals surface area (Å²) in [7, 11) is -3.85. The molecular formula is C22H28N2O5S2. The third-order valence-electron chi connectivity index (χ3n) is 5.11. The quantitative estimate of drug-likeness (QED) is 0.591. The first-order valence-electron chi connectivity index (χ1n) is 9.99. The monoisotopic (exact) mass is 464 g/mol. The Balaban J connectivity index is 1.76. The fourth-order valence-corrected chi connectivity index (χ4v) is 5.34. The molecule has 0 saturated carbocycles. The average molecular weight is 465 g/mol. The highest BCUT2D eigenvalue weighted by Crippen LogP contribution is 2.34. The van der Waals surface area contributed by atoms with Gasteiger partial charge in [-0.2, -0.15) is 16.5 Å². The van der Waals surface area contributed by atoms with E-state index in [4.69, 9.17) is 9.47 Å². The number of fused-ring (bicyclic) bond motifs is 1. The van der Waals surface area contributed by atoms with Gasteiger partial charge in [-0.1, -0.05) is 18.2 Å². The lowest BCUT2D eigenvalue weighted by Gasteiger charge is -2.22. The highest BCUT2D eigenvalue weighted by molar-refractivity contribution is 7.98. The number of aryl methyl sites for hydroxylation is 2. The van der Waals surface area contributed by atoms with Gasteiger partial charge in [-0.15, -0.1) is 0 Å². The van der Waals surface area contributed by atoms with Gasteiger partial charge in [0, 0.05) is 0 Å². The Kier molecular flexibility index (Phi) is 7.51. The molecule has 0 aliphatic carbocycles. The Morgan fingerprint density at radius 3 is 2.61 bits per heavy atom. The summed E-state index contributed by atoms with van der Waals surface area (Å²) in [6, 6.07) is 9.52. The third-order valence-corrected chi connectivity index (χ3v) is 7.37. The molecule has 2 aromatic carbocycles. The topological polar surface area (TPSA) is 93.7 Å². The molecule has 2 N–H and O–H groups in total. The number of ether oxygens (including phenoxy) is 2. The van der Waals surface area contributed by atoms with Crippen molar-refractivity contribution in [1.82, 2.24) is 10.0 Å². The third kappa shape index (κ3) is 5.72. The van der Waals surface area contributed by atoms with Crippen LogP contribution in [-0.2, 0) is 14.8 Å². The highest BCUT2D eigenvalue weighted by atomic mass is 32.2. The molecule has 1 aliphatic heterocycles. The van der Waals surface area contributed by atoms with E-state index in [1.807, 2.05) is 38.3 Å². The van der Waals surface area contributed by atoms with Gasteiger partial charge in [0.25, 0.3) is 0 Å². The molecule has 0 spiro atoms. The van der Waals surface area contributed by atoms with Crippen LogP contribution in [0.25, 0.3) is 0 Å². The van der Waals surface area contributed by atoms with Crippen molar-refractivity contribution in [3.8, 4) is 11.5 Å². The normalized spacial score (nSPS) is 14.8. The largest absolute Gasteiger partial charge is 0.454 e. The molecule has 3 rings (SSSR count). The molecule has 0 bridgehead atoms. The fraction of sp³-hybridized carbons (Fsp3) is 0.409. The van der Waals surface area contributed by atoms with E-state index in [9.17, 15) is 13.2 Å². The SMILES string of the molecule is CSCC[C@@H](NS(=O)(=O)c1cc(C)ccc1C)C(=O)N[C@@H](C)c1ccc2c(c1)OCO2. The number of rotatable bonds is 9. The van der Waals surface area contributed by atoms with Crippen LogP contribution in [0.5, 0.6) is 11.5 Å². The van der Waals surface area contributed by atoms with Crippen LogP contribution in [0.2, 0.25) is 0 Å². The Morgan fingerprint density at radius 2 is 1.87 bits per heavy atom. The van der Waals surface area contributed by atoms with Crippen LogP contribution in [0.4, 0.5) is 0 Å². The van der Waals surface area contributed by atoms with Crippen molar-refractivity contribution >= 4 is 27.7 Å². The van der Waals surface area contributed by atoms with Crippen molar-refractivity contribution in [2.75, 3.05) is 18.8 Å². The van der Waals surface area contributed by atoms with Gasteiger partial charge in [-0.05, 0) is 74.1 Å². The minimum absolute atomic E-state index is 0.177. The van der Waals surface area contributed by atoms with Crippen LogP contribution in [0.15, 0.2) is 41.3 Å². The van der Waals surface area contributed by atoms with E-state index < -0.39 is 16.1 Å². The molecule has 9 heteroatoms. The predicted molar refractivity (Wildman–Crippen MR) is 122 cm³/mol. The summed E-state index contributed by atoms with van der Waals surface area (Å²) in [6.07, 6.45) is 2.30. The number of nitrogens with one attached hydrogen (secondary N) is 2. The van der Waals surface area contributed by atoms with E-state index >= 15 is 0 Å². The summed E-state index contributed by atoms with van der Waals surface area (Å²) in [5.41, 5.74) is 2.32. The molecule has 0 aromatic heterocycles. The number of thioether (sulfide) groups is 1. The molecule has 0 radical (unpaired) electrons. The number of sulfonamides is 1. The number of carbonyl (C=O) groups excluding carboxylic acids is 1. The van der Waals surface area contributed by atoms with Gasteiger partial charge in [0.05, 0.1) is 10.9 Å². The number of amides is 1. The zero-order valence-corrected chi connectivity index (χ0v) is 19.7. The van der Waals surface area contributed by atoms with E-state index in [-0.39, 0.29) is 23.6 Å². The Morgan fingerprint density at radius 1 is 1.13 bits per heavy atom. The molecule has 2 atom stereocenters. The van der Waals surface area contributed by atoms with E-state index in [0.29, 0.717) is 29.2 Å². The lowest BCUT2D eigenvalue weighted by molar-refractivity contribution is -0.123. The summed E-state index contributed by atoms with van der Waals surface area (Å²) in [4.78, 5) is 13.2. The summed E-state index contributed by atoms with van der Waals surface area (Å²) in [6.45, 7) is 5.60. The van der Waals surface area contributed by atoms with Gasteiger partial charge in [0.15, 0.2) is 11.5 Å². The van der Waals surface area contributed by atoms with Crippen molar-refractivity contribution in [3.05, 3.63) is 53.1 Å². The first kappa shape index (κ1) is 23.4. The summed E-state index contributed by atoms with van der Waals surface area (Å²) >= 11 is 1.56. The zero-order valence-electron chi connectivity index (χ0n) is 18.1. The van der Waals surface area contributed by atoms with E-state index in [0.717, 1.165) is 11.1 Å². The van der Waals surface area contributed by atoms with Gasteiger partial charge in [0.1, 0.15) is 6.04 Å². The second-order valence-electron chi connectivity index (χ2n) is 7.57. The van der Waals surface area contributed by atoms with E-state index in [2.05, 4.69) is 10.0 Å². The fourth-order valence-electron chi connectivity index (χ4n) is 3.31. The van der Waals surface area contributed by atoms with Gasteiger partial charge in [-0.25, -0.2) is 8.42 Å². The number of benzene rings is 2. The first-order chi connectivity index (χ1) is 14.7. The van der Waals surface area contributed by atoms with Crippen LogP contribution < -0.4 is 19.5 Å². The molecule has 7 nitrogen and oxygen atoms in total. The molecule has 1 aliphatic rings. The zero-order chi connectivity index (χ0) is 22.6. The molecule has 31 heavy (non-hydrogen) atoms. The Bertz CT molecular complexity index is 1060. The van der Waals surface area contributed by atoms with Gasteiger partial charge in [0.2, 0.25) is 22.7 Å². The van der Waals surface area contributed by atoms with Crippen LogP contribution >= 0.6 is 11.8 Å². The van der Waals surface area contributed by atoms with E-state index in [1.54, 1.807) is 36.9 Å². The van der Waals surface area contributed by atoms with Crippen LogP contribution in [-0.4, -0.2) is 39.2 Å².